The number of carbonyl (C=O) groups excluding carboxylic acids is 3. The third-order valence-corrected chi connectivity index (χ3v) is 10.4. The van der Waals surface area contributed by atoms with Gasteiger partial charge in [-0.3, -0.25) is 9.59 Å². The largest absolute Gasteiger partial charge is 0.462 e. The molecule has 0 N–H and O–H groups in total. The molecule has 3 aliphatic carbocycles. The van der Waals surface area contributed by atoms with Crippen LogP contribution >= 0.6 is 0 Å². The van der Waals surface area contributed by atoms with Gasteiger partial charge in [0, 0.05) is 50.9 Å². The Bertz CT molecular complexity index is 1360. The molecule has 0 aliphatic heterocycles. The lowest BCUT2D eigenvalue weighted by Crippen LogP contribution is -2.64. The molecule has 0 spiro atoms. The number of esters is 2. The fraction of sp³-hybridized carbons (Fsp3) is 0.595. The first-order valence-electron chi connectivity index (χ1n) is 16.1. The van der Waals surface area contributed by atoms with E-state index < -0.39 is 71.6 Å². The molecule has 0 radical (unpaired) electrons. The van der Waals surface area contributed by atoms with Gasteiger partial charge in [-0.15, -0.1) is 0 Å². The van der Waals surface area contributed by atoms with Crippen molar-refractivity contribution in [2.75, 3.05) is 14.2 Å². The average Bonchev–Trinajstić information content (AvgIpc) is 3.00. The van der Waals surface area contributed by atoms with Crippen molar-refractivity contribution in [3.05, 3.63) is 65.3 Å². The highest BCUT2D eigenvalue weighted by atomic mass is 16.7. The first-order chi connectivity index (χ1) is 21.6. The minimum absolute atomic E-state index is 0.0484. The quantitative estimate of drug-likeness (QED) is 0.128. The normalized spacial score (nSPS) is 32.3. The molecule has 4 rings (SSSR count). The summed E-state index contributed by atoms with van der Waals surface area (Å²) in [6, 6.07) is 9.49. The van der Waals surface area contributed by atoms with Crippen LogP contribution in [0.1, 0.15) is 73.3 Å². The van der Waals surface area contributed by atoms with Crippen LogP contribution in [0.15, 0.2) is 59.7 Å². The maximum Gasteiger partial charge on any atom is 0.331 e. The Hall–Kier alpha value is -3.11. The molecular weight excluding hydrogens is 588 g/mol. The van der Waals surface area contributed by atoms with Crippen molar-refractivity contribution in [3.63, 3.8) is 0 Å². The zero-order chi connectivity index (χ0) is 34.0. The van der Waals surface area contributed by atoms with Crippen molar-refractivity contribution in [2.24, 2.45) is 22.7 Å². The maximum atomic E-state index is 13.7. The molecule has 9 nitrogen and oxygen atoms in total. The van der Waals surface area contributed by atoms with Crippen molar-refractivity contribution in [2.45, 2.75) is 105 Å². The predicted molar refractivity (Wildman–Crippen MR) is 173 cm³/mol. The minimum atomic E-state index is -0.761. The summed E-state index contributed by atoms with van der Waals surface area (Å²) in [5.74, 6) is -1.99. The number of allylic oxidation sites excluding steroid dienone is 1. The second-order valence-electron chi connectivity index (χ2n) is 13.6. The van der Waals surface area contributed by atoms with E-state index in [4.69, 9.17) is 28.4 Å². The number of ketones is 1. The van der Waals surface area contributed by atoms with E-state index in [0.717, 1.165) is 11.1 Å². The second-order valence-corrected chi connectivity index (χ2v) is 13.6. The summed E-state index contributed by atoms with van der Waals surface area (Å²) in [6.45, 7) is 17.5. The molecule has 9 atom stereocenters. The molecule has 0 saturated heterocycles. The SMILES string of the molecule is C=C1[C@@H](OC(=O)/C=C/c2ccccc2)CC[C@@]2(C)[C@@H](OC(C)OC)[C@H](OC(C)OC)C3=C(C)C(=O)C[C@@H]([C@@H](OC(C)=O)[C@H]12)C3(C)C. The van der Waals surface area contributed by atoms with Crippen molar-refractivity contribution < 1.29 is 42.8 Å². The molecule has 2 unspecified atom stereocenters. The van der Waals surface area contributed by atoms with Gasteiger partial charge in [0.2, 0.25) is 0 Å². The van der Waals surface area contributed by atoms with Crippen LogP contribution in [-0.4, -0.2) is 68.9 Å². The summed E-state index contributed by atoms with van der Waals surface area (Å²) in [5.41, 5.74) is 1.47. The summed E-state index contributed by atoms with van der Waals surface area (Å²) in [5, 5.41) is 0. The maximum absolute atomic E-state index is 13.7. The first kappa shape index (κ1) is 35.7. The van der Waals surface area contributed by atoms with Gasteiger partial charge < -0.3 is 28.4 Å². The molecule has 1 aromatic rings. The van der Waals surface area contributed by atoms with E-state index in [0.29, 0.717) is 24.0 Å². The highest BCUT2D eigenvalue weighted by Gasteiger charge is 2.63. The molecule has 3 aliphatic rings. The fourth-order valence-corrected chi connectivity index (χ4v) is 7.86. The number of benzene rings is 1. The van der Waals surface area contributed by atoms with Gasteiger partial charge in [0.15, 0.2) is 18.4 Å². The topological polar surface area (TPSA) is 107 Å². The number of methoxy groups -OCH3 is 2. The Morgan fingerprint density at radius 1 is 1.00 bits per heavy atom. The van der Waals surface area contributed by atoms with Crippen LogP contribution in [0.4, 0.5) is 0 Å². The van der Waals surface area contributed by atoms with Gasteiger partial charge in [-0.05, 0) is 67.4 Å². The number of hydrogen-bond acceptors (Lipinski definition) is 9. The van der Waals surface area contributed by atoms with Gasteiger partial charge in [-0.25, -0.2) is 4.79 Å². The Labute approximate surface area is 273 Å². The molecule has 2 fully saturated rings. The van der Waals surface area contributed by atoms with Crippen LogP contribution < -0.4 is 0 Å². The van der Waals surface area contributed by atoms with Crippen molar-refractivity contribution in [1.29, 1.82) is 0 Å². The van der Waals surface area contributed by atoms with E-state index in [9.17, 15) is 14.4 Å². The van der Waals surface area contributed by atoms with E-state index in [1.807, 2.05) is 37.3 Å². The summed E-state index contributed by atoms with van der Waals surface area (Å²) < 4.78 is 36.8. The Morgan fingerprint density at radius 2 is 1.63 bits per heavy atom. The average molecular weight is 639 g/mol. The first-order valence-corrected chi connectivity index (χ1v) is 16.1. The third kappa shape index (κ3) is 7.08. The number of ether oxygens (including phenoxy) is 6. The Balaban J connectivity index is 1.87. The van der Waals surface area contributed by atoms with Gasteiger partial charge in [-0.1, -0.05) is 57.7 Å². The summed E-state index contributed by atoms with van der Waals surface area (Å²) >= 11 is 0. The van der Waals surface area contributed by atoms with E-state index in [2.05, 4.69) is 27.4 Å². The molecule has 2 bridgehead atoms. The van der Waals surface area contributed by atoms with Crippen molar-refractivity contribution in [1.82, 2.24) is 0 Å². The van der Waals surface area contributed by atoms with E-state index in [1.165, 1.54) is 13.0 Å². The van der Waals surface area contributed by atoms with E-state index >= 15 is 0 Å². The highest BCUT2D eigenvalue weighted by Crippen LogP contribution is 2.60. The van der Waals surface area contributed by atoms with Crippen molar-refractivity contribution in [3.8, 4) is 0 Å². The minimum Gasteiger partial charge on any atom is -0.462 e. The number of hydrogen-bond donors (Lipinski definition) is 0. The highest BCUT2D eigenvalue weighted by molar-refractivity contribution is 5.97. The molecular formula is C37H50O9. The van der Waals surface area contributed by atoms with Crippen LogP contribution in [0.3, 0.4) is 0 Å². The predicted octanol–water partition coefficient (Wildman–Crippen LogP) is 6.22. The monoisotopic (exact) mass is 638 g/mol. The van der Waals surface area contributed by atoms with Gasteiger partial charge in [0.05, 0.1) is 6.10 Å². The van der Waals surface area contributed by atoms with Crippen molar-refractivity contribution >= 4 is 23.8 Å². The number of rotatable bonds is 10. The third-order valence-electron chi connectivity index (χ3n) is 10.4. The number of Topliss-reactive ketones (excluding diaryl/α,β-unsaturated/α-hetero) is 1. The zero-order valence-electron chi connectivity index (χ0n) is 28.7. The standard InChI is InChI=1S/C37H50O9/c1-21-28(39)20-27-33(43-23(3)38)32-22(2)29(46-30(40)17-16-26-14-12-11-13-15-26)18-19-37(32,8)35(45-25(5)42-10)34(44-24(4)41-9)31(21)36(27,6)7/h11-17,24-25,27,29,32-35H,2,18-20H2,1,3-10H3/b17-16+/t24?,25?,27-,29-,32-,33+,34+,35-,37+/m0/s1. The molecule has 252 valence electrons. The summed E-state index contributed by atoms with van der Waals surface area (Å²) in [7, 11) is 3.13. The van der Waals surface area contributed by atoms with Gasteiger partial charge in [0.25, 0.3) is 0 Å². The van der Waals surface area contributed by atoms with E-state index in [-0.39, 0.29) is 12.2 Å². The summed E-state index contributed by atoms with van der Waals surface area (Å²) in [6.07, 6.45) is 0.200. The second kappa shape index (κ2) is 14.3. The lowest BCUT2D eigenvalue weighted by molar-refractivity contribution is -0.259. The number of fused-ring (bicyclic) bond motifs is 3. The van der Waals surface area contributed by atoms with Crippen LogP contribution in [0, 0.1) is 22.7 Å². The van der Waals surface area contributed by atoms with Crippen LogP contribution in [0.25, 0.3) is 6.08 Å². The van der Waals surface area contributed by atoms with Crippen LogP contribution in [0.2, 0.25) is 0 Å². The molecule has 0 amide bonds. The van der Waals surface area contributed by atoms with Crippen LogP contribution in [-0.2, 0) is 42.8 Å². The zero-order valence-corrected chi connectivity index (χ0v) is 28.7. The fourth-order valence-electron chi connectivity index (χ4n) is 7.86. The lowest BCUT2D eigenvalue weighted by atomic mass is 9.49. The number of carbonyl (C=O) groups is 3. The van der Waals surface area contributed by atoms with Gasteiger partial charge in [-0.2, -0.15) is 0 Å². The summed E-state index contributed by atoms with van der Waals surface area (Å²) in [4.78, 5) is 39.7. The smallest absolute Gasteiger partial charge is 0.331 e. The van der Waals surface area contributed by atoms with Gasteiger partial charge in [0.1, 0.15) is 18.3 Å². The molecule has 1 aromatic carbocycles. The molecule has 46 heavy (non-hydrogen) atoms. The Morgan fingerprint density at radius 3 is 2.24 bits per heavy atom. The van der Waals surface area contributed by atoms with E-state index in [1.54, 1.807) is 34.1 Å². The molecule has 0 heterocycles. The molecule has 9 heteroatoms. The molecule has 0 aromatic heterocycles. The lowest BCUT2D eigenvalue weighted by Gasteiger charge is -2.60. The Kier molecular flexibility index (Phi) is 11.1. The molecule has 2 saturated carbocycles. The van der Waals surface area contributed by atoms with Crippen LogP contribution in [0.5, 0.6) is 0 Å². The van der Waals surface area contributed by atoms with Gasteiger partial charge >= 0.3 is 11.9 Å².